The molecule has 2 aliphatic carbocycles. The Bertz CT molecular complexity index is 4180. The number of benzene rings is 9. The van der Waals surface area contributed by atoms with Crippen LogP contribution in [-0.2, 0) is 38.0 Å². The zero-order chi connectivity index (χ0) is 70.8. The Morgan fingerprint density at radius 1 is 0.373 bits per heavy atom. The van der Waals surface area contributed by atoms with Gasteiger partial charge in [-0.15, -0.1) is 0 Å². The molecule has 18 heteroatoms. The highest BCUT2D eigenvalue weighted by molar-refractivity contribution is 6.45. The van der Waals surface area contributed by atoms with Crippen LogP contribution in [-0.4, -0.2) is 123 Å². The SMILES string of the molecule is CC(C)c1ccc(Oc2cc3c4c(cc(Oc5ccc(C(C)C)cc5)c5c6c(Oc7ccc(C(C)C)cc7)cc7c8c(cc(Oc9ccc(C(C)C)cc9)c(c2c45)c86)C(=O)N(C(C(=O)OCCOCC2CO2)C2CCCC2)C7=O)C(=O)N(C(C(=O)OCCOCC2CO2)C2CCCC2)C3=O)cc1. The van der Waals surface area contributed by atoms with E-state index in [1.54, 1.807) is 24.3 Å². The lowest BCUT2D eigenvalue weighted by Crippen LogP contribution is -2.54. The van der Waals surface area contributed by atoms with Crippen molar-refractivity contribution in [1.29, 1.82) is 0 Å². The molecule has 6 aliphatic rings. The molecule has 0 N–H and O–H groups in total. The lowest BCUT2D eigenvalue weighted by molar-refractivity contribution is -0.152. The fourth-order valence-electron chi connectivity index (χ4n) is 15.5. The summed E-state index contributed by atoms with van der Waals surface area (Å²) in [7, 11) is 0. The number of esters is 2. The first-order valence-corrected chi connectivity index (χ1v) is 36.3. The van der Waals surface area contributed by atoms with Crippen LogP contribution in [0.3, 0.4) is 0 Å². The van der Waals surface area contributed by atoms with Crippen molar-refractivity contribution in [1.82, 2.24) is 9.80 Å². The van der Waals surface area contributed by atoms with Gasteiger partial charge in [-0.1, -0.05) is 130 Å². The molecule has 4 aliphatic heterocycles. The van der Waals surface area contributed by atoms with Crippen LogP contribution in [0.4, 0.5) is 0 Å². The van der Waals surface area contributed by atoms with E-state index in [0.717, 1.165) is 57.7 Å². The molecular weight excluding hydrogens is 1290 g/mol. The number of epoxide rings is 2. The van der Waals surface area contributed by atoms with Crippen molar-refractivity contribution in [3.63, 3.8) is 0 Å². The third kappa shape index (κ3) is 13.2. The van der Waals surface area contributed by atoms with Crippen LogP contribution in [0.25, 0.3) is 43.1 Å². The Labute approximate surface area is 593 Å². The molecule has 18 nitrogen and oxygen atoms in total. The zero-order valence-corrected chi connectivity index (χ0v) is 59.1. The maximum atomic E-state index is 16.4. The molecule has 9 aromatic rings. The molecule has 0 radical (unpaired) electrons. The molecule has 2 saturated carbocycles. The summed E-state index contributed by atoms with van der Waals surface area (Å²) < 4.78 is 63.6. The summed E-state index contributed by atoms with van der Waals surface area (Å²) in [5, 5.41) is 2.44. The standard InChI is InChI=1S/C84H86N2O16/c1-45(2)49-17-25-55(26-18-49)99-65-37-61-69-62(80(88)85(79(61)87)77(53-13-9-10-14-53)83(91)95-35-33-93-41-59-43-97-59)39-67(101-57-29-21-51(22-30-57)47(5)6)73-74-68(102-58-31-23-52(24-32-58)48(7)8)40-64-70-63(38-66(72(76(70)74)71(65)75(69)73)100-56-27-19-50(20-28-56)46(3)4)81(89)86(82(64)90)78(54-15-11-12-16-54)84(92)96-36-34-94-42-60-44-98-60/h17-32,37-40,45-48,53-54,59-60,77-78H,9-16,33-36,41-44H2,1-8H3. The second-order valence-corrected chi connectivity index (χ2v) is 29.3. The van der Waals surface area contributed by atoms with Crippen LogP contribution in [0.5, 0.6) is 46.0 Å². The molecule has 4 atom stereocenters. The molecule has 4 amide bonds. The van der Waals surface area contributed by atoms with Crippen molar-refractivity contribution in [2.24, 2.45) is 11.8 Å². The number of imide groups is 2. The van der Waals surface area contributed by atoms with Gasteiger partial charge in [-0.3, -0.25) is 29.0 Å². The Morgan fingerprint density at radius 2 is 0.627 bits per heavy atom. The molecule has 4 heterocycles. The lowest BCUT2D eigenvalue weighted by Gasteiger charge is -2.37. The van der Waals surface area contributed by atoms with Gasteiger partial charge < -0.3 is 47.4 Å². The highest BCUT2D eigenvalue weighted by Gasteiger charge is 2.50. The smallest absolute Gasteiger partial charge is 0.329 e. The normalized spacial score (nSPS) is 18.2. The van der Waals surface area contributed by atoms with E-state index < -0.39 is 59.5 Å². The number of hydrogen-bond donors (Lipinski definition) is 0. The molecule has 15 rings (SSSR count). The number of amides is 4. The Hall–Kier alpha value is -9.46. The molecule has 102 heavy (non-hydrogen) atoms. The van der Waals surface area contributed by atoms with E-state index in [2.05, 4.69) is 55.4 Å². The first kappa shape index (κ1) is 68.3. The van der Waals surface area contributed by atoms with Gasteiger partial charge >= 0.3 is 11.9 Å². The number of nitrogens with zero attached hydrogens (tertiary/aromatic N) is 2. The third-order valence-electron chi connectivity index (χ3n) is 21.1. The van der Waals surface area contributed by atoms with Gasteiger partial charge in [-0.2, -0.15) is 0 Å². The quantitative estimate of drug-likeness (QED) is 0.0112. The first-order valence-electron chi connectivity index (χ1n) is 36.3. The van der Waals surface area contributed by atoms with E-state index >= 15 is 28.8 Å². The Morgan fingerprint density at radius 3 is 0.863 bits per heavy atom. The van der Waals surface area contributed by atoms with Crippen LogP contribution in [0.15, 0.2) is 121 Å². The Kier molecular flexibility index (Phi) is 19.0. The van der Waals surface area contributed by atoms with Gasteiger partial charge in [0, 0.05) is 43.1 Å². The fraction of sp³-hybridized carbons (Fsp3) is 0.405. The summed E-state index contributed by atoms with van der Waals surface area (Å²) in [6.07, 6.45) is 5.33. The highest BCUT2D eigenvalue weighted by atomic mass is 16.6. The second-order valence-electron chi connectivity index (χ2n) is 29.3. The van der Waals surface area contributed by atoms with Crippen LogP contribution in [0, 0.1) is 11.8 Å². The van der Waals surface area contributed by atoms with Gasteiger partial charge in [0.2, 0.25) is 0 Å². The van der Waals surface area contributed by atoms with Crippen LogP contribution in [0.1, 0.15) is 194 Å². The molecular formula is C84H86N2O16. The minimum atomic E-state index is -1.33. The topological polar surface area (TPSA) is 208 Å². The fourth-order valence-corrected chi connectivity index (χ4v) is 15.5. The van der Waals surface area contributed by atoms with Crippen molar-refractivity contribution in [3.8, 4) is 46.0 Å². The van der Waals surface area contributed by atoms with Crippen molar-refractivity contribution in [2.75, 3.05) is 52.9 Å². The number of fused-ring (bicyclic) bond motifs is 2. The number of ether oxygens (including phenoxy) is 10. The summed E-state index contributed by atoms with van der Waals surface area (Å²) in [4.78, 5) is 97.9. The highest BCUT2D eigenvalue weighted by Crippen LogP contribution is 2.59. The monoisotopic (exact) mass is 1380 g/mol. The zero-order valence-electron chi connectivity index (χ0n) is 59.1. The number of hydrogen-bond acceptors (Lipinski definition) is 16. The predicted molar refractivity (Wildman–Crippen MR) is 386 cm³/mol. The van der Waals surface area contributed by atoms with Gasteiger partial charge in [0.25, 0.3) is 23.6 Å². The molecule has 0 aromatic heterocycles. The maximum Gasteiger partial charge on any atom is 0.329 e. The van der Waals surface area contributed by atoms with E-state index in [9.17, 15) is 0 Å². The van der Waals surface area contributed by atoms with Crippen molar-refractivity contribution < 1.29 is 76.1 Å². The number of rotatable bonds is 28. The third-order valence-corrected chi connectivity index (χ3v) is 21.1. The molecule has 9 aromatic carbocycles. The van der Waals surface area contributed by atoms with Crippen LogP contribution < -0.4 is 18.9 Å². The predicted octanol–water partition coefficient (Wildman–Crippen LogP) is 17.6. The number of carbonyl (C=O) groups excluding carboxylic acids is 6. The Balaban J connectivity index is 1.04. The van der Waals surface area contributed by atoms with E-state index in [4.69, 9.17) is 47.4 Å². The lowest BCUT2D eigenvalue weighted by atomic mass is 9.80. The van der Waals surface area contributed by atoms with Crippen molar-refractivity contribution in [3.05, 3.63) is 166 Å². The maximum absolute atomic E-state index is 16.4. The van der Waals surface area contributed by atoms with Gasteiger partial charge in [-0.25, -0.2) is 9.59 Å². The number of carbonyl (C=O) groups is 6. The summed E-state index contributed by atoms with van der Waals surface area (Å²) in [6.45, 7) is 18.6. The largest absolute Gasteiger partial charge is 0.462 e. The van der Waals surface area contributed by atoms with E-state index in [1.165, 1.54) is 0 Å². The minimum absolute atomic E-state index is 0.00718. The summed E-state index contributed by atoms with van der Waals surface area (Å²) in [6, 6.07) is 34.6. The van der Waals surface area contributed by atoms with Crippen LogP contribution >= 0.6 is 0 Å². The average Bonchev–Trinajstić information content (AvgIpc) is 0.922. The van der Waals surface area contributed by atoms with E-state index in [0.29, 0.717) is 107 Å². The molecule has 0 bridgehead atoms. The van der Waals surface area contributed by atoms with Crippen LogP contribution in [0.2, 0.25) is 0 Å². The van der Waals surface area contributed by atoms with E-state index in [-0.39, 0.29) is 118 Å². The second kappa shape index (κ2) is 28.4. The molecule has 4 fully saturated rings. The van der Waals surface area contributed by atoms with Gasteiger partial charge in [0.05, 0.1) is 61.9 Å². The molecule has 528 valence electrons. The molecule has 0 spiro atoms. The average molecular weight is 1380 g/mol. The summed E-state index contributed by atoms with van der Waals surface area (Å²) in [5.74, 6) is -2.56. The molecule has 2 saturated heterocycles. The van der Waals surface area contributed by atoms with Gasteiger partial charge in [0.1, 0.15) is 83.5 Å². The first-order chi connectivity index (χ1) is 49.4. The van der Waals surface area contributed by atoms with Crippen molar-refractivity contribution in [2.45, 2.75) is 155 Å². The minimum Gasteiger partial charge on any atom is -0.462 e. The summed E-state index contributed by atoms with van der Waals surface area (Å²) in [5.41, 5.74) is 4.39. The van der Waals surface area contributed by atoms with E-state index in [1.807, 2.05) is 97.1 Å². The van der Waals surface area contributed by atoms with Crippen molar-refractivity contribution >= 4 is 78.7 Å². The molecule has 4 unspecified atom stereocenters. The summed E-state index contributed by atoms with van der Waals surface area (Å²) >= 11 is 0. The van der Waals surface area contributed by atoms with Gasteiger partial charge in [0.15, 0.2) is 0 Å². The van der Waals surface area contributed by atoms with Gasteiger partial charge in [-0.05, 0) is 156 Å².